The van der Waals surface area contributed by atoms with Crippen molar-refractivity contribution in [3.8, 4) is 11.5 Å². The average molecular weight is 346 g/mol. The van der Waals surface area contributed by atoms with Crippen LogP contribution in [0.1, 0.15) is 15.9 Å². The van der Waals surface area contributed by atoms with E-state index in [4.69, 9.17) is 4.74 Å². The number of ether oxygens (including phenoxy) is 1. The van der Waals surface area contributed by atoms with Crippen molar-refractivity contribution < 1.29 is 9.53 Å². The molecule has 0 aliphatic carbocycles. The second-order valence-electron chi connectivity index (χ2n) is 6.33. The van der Waals surface area contributed by atoms with Crippen LogP contribution in [-0.4, -0.2) is 24.9 Å². The van der Waals surface area contributed by atoms with Crippen LogP contribution in [0.3, 0.4) is 0 Å². The monoisotopic (exact) mass is 346 g/mol. The second kappa shape index (κ2) is 8.32. The number of amides is 1. The van der Waals surface area contributed by atoms with Crippen LogP contribution in [0.2, 0.25) is 0 Å². The van der Waals surface area contributed by atoms with Crippen LogP contribution in [-0.2, 0) is 6.54 Å². The molecule has 132 valence electrons. The molecule has 0 aliphatic heterocycles. The van der Waals surface area contributed by atoms with Crippen LogP contribution in [0.4, 0.5) is 5.69 Å². The molecule has 0 saturated carbocycles. The van der Waals surface area contributed by atoms with Gasteiger partial charge in [-0.15, -0.1) is 0 Å². The Hall–Kier alpha value is -3.11. The smallest absolute Gasteiger partial charge is 0.255 e. The fraction of sp³-hybridized carbons (Fsp3) is 0.136. The van der Waals surface area contributed by atoms with Crippen LogP contribution in [0.15, 0.2) is 78.9 Å². The van der Waals surface area contributed by atoms with Gasteiger partial charge in [-0.25, -0.2) is 0 Å². The van der Waals surface area contributed by atoms with Gasteiger partial charge in [0.05, 0.1) is 0 Å². The summed E-state index contributed by atoms with van der Waals surface area (Å²) < 4.78 is 5.85. The minimum atomic E-state index is -0.143. The summed E-state index contributed by atoms with van der Waals surface area (Å²) in [5.41, 5.74) is 2.59. The lowest BCUT2D eigenvalue weighted by Gasteiger charge is -2.11. The van der Waals surface area contributed by atoms with Gasteiger partial charge in [0.2, 0.25) is 0 Å². The summed E-state index contributed by atoms with van der Waals surface area (Å²) in [4.78, 5) is 14.4. The summed E-state index contributed by atoms with van der Waals surface area (Å²) in [6, 6.07) is 24.5. The molecule has 4 nitrogen and oxygen atoms in total. The first-order chi connectivity index (χ1) is 12.6. The highest BCUT2D eigenvalue weighted by atomic mass is 16.5. The van der Waals surface area contributed by atoms with Gasteiger partial charge in [-0.1, -0.05) is 30.3 Å². The van der Waals surface area contributed by atoms with E-state index in [-0.39, 0.29) is 5.91 Å². The second-order valence-corrected chi connectivity index (χ2v) is 6.33. The van der Waals surface area contributed by atoms with Crippen molar-refractivity contribution in [3.05, 3.63) is 90.0 Å². The van der Waals surface area contributed by atoms with Gasteiger partial charge < -0.3 is 15.0 Å². The molecule has 0 bridgehead atoms. The van der Waals surface area contributed by atoms with E-state index >= 15 is 0 Å². The van der Waals surface area contributed by atoms with Gasteiger partial charge in [0.25, 0.3) is 5.91 Å². The number of benzene rings is 3. The molecule has 0 heterocycles. The van der Waals surface area contributed by atoms with Crippen molar-refractivity contribution in [3.63, 3.8) is 0 Å². The zero-order chi connectivity index (χ0) is 18.4. The maximum Gasteiger partial charge on any atom is 0.255 e. The van der Waals surface area contributed by atoms with E-state index in [0.29, 0.717) is 11.3 Å². The maximum atomic E-state index is 12.3. The SMILES string of the molecule is CN(C)Cc1ccc(Oc2ccc(C(=O)Nc3ccccc3)cc2)cc1. The molecule has 4 heteroatoms. The highest BCUT2D eigenvalue weighted by Gasteiger charge is 2.06. The molecule has 0 atom stereocenters. The molecule has 1 amide bonds. The first-order valence-electron chi connectivity index (χ1n) is 8.48. The molecule has 0 saturated heterocycles. The molecule has 26 heavy (non-hydrogen) atoms. The third kappa shape index (κ3) is 4.94. The molecule has 0 aromatic heterocycles. The average Bonchev–Trinajstić information content (AvgIpc) is 2.64. The maximum absolute atomic E-state index is 12.3. The van der Waals surface area contributed by atoms with Gasteiger partial charge in [-0.3, -0.25) is 4.79 Å². The van der Waals surface area contributed by atoms with E-state index in [1.807, 2.05) is 56.6 Å². The van der Waals surface area contributed by atoms with Crippen molar-refractivity contribution in [2.24, 2.45) is 0 Å². The van der Waals surface area contributed by atoms with E-state index in [0.717, 1.165) is 18.0 Å². The summed E-state index contributed by atoms with van der Waals surface area (Å²) in [5, 5.41) is 2.87. The topological polar surface area (TPSA) is 41.6 Å². The molecule has 0 unspecified atom stereocenters. The molecule has 1 N–H and O–H groups in total. The minimum Gasteiger partial charge on any atom is -0.457 e. The molecule has 0 fully saturated rings. The molecule has 3 aromatic rings. The molecular weight excluding hydrogens is 324 g/mol. The number of carbonyl (C=O) groups is 1. The molecule has 0 spiro atoms. The Morgan fingerprint density at radius 1 is 0.846 bits per heavy atom. The predicted molar refractivity (Wildman–Crippen MR) is 105 cm³/mol. The van der Waals surface area contributed by atoms with Crippen molar-refractivity contribution in [2.75, 3.05) is 19.4 Å². The number of para-hydroxylation sites is 1. The largest absolute Gasteiger partial charge is 0.457 e. The van der Waals surface area contributed by atoms with E-state index in [9.17, 15) is 4.79 Å². The van der Waals surface area contributed by atoms with E-state index in [1.54, 1.807) is 24.3 Å². The van der Waals surface area contributed by atoms with Crippen molar-refractivity contribution in [1.29, 1.82) is 0 Å². The summed E-state index contributed by atoms with van der Waals surface area (Å²) >= 11 is 0. The number of rotatable bonds is 6. The third-order valence-electron chi connectivity index (χ3n) is 3.81. The number of anilines is 1. The standard InChI is InChI=1S/C22H22N2O2/c1-24(2)16-17-8-12-20(13-9-17)26-21-14-10-18(11-15-21)22(25)23-19-6-4-3-5-7-19/h3-15H,16H2,1-2H3,(H,23,25). The molecule has 0 aliphatic rings. The number of carbonyl (C=O) groups excluding carboxylic acids is 1. The van der Waals surface area contributed by atoms with Gasteiger partial charge in [0.1, 0.15) is 11.5 Å². The molecule has 0 radical (unpaired) electrons. The Morgan fingerprint density at radius 2 is 1.42 bits per heavy atom. The van der Waals surface area contributed by atoms with Crippen LogP contribution in [0.5, 0.6) is 11.5 Å². The number of hydrogen-bond acceptors (Lipinski definition) is 3. The van der Waals surface area contributed by atoms with Crippen molar-refractivity contribution in [2.45, 2.75) is 6.54 Å². The van der Waals surface area contributed by atoms with E-state index in [2.05, 4.69) is 22.3 Å². The Labute approximate surface area is 154 Å². The van der Waals surface area contributed by atoms with E-state index < -0.39 is 0 Å². The Kier molecular flexibility index (Phi) is 5.66. The lowest BCUT2D eigenvalue weighted by atomic mass is 10.2. The summed E-state index contributed by atoms with van der Waals surface area (Å²) in [6.45, 7) is 0.894. The number of nitrogens with zero attached hydrogens (tertiary/aromatic N) is 1. The van der Waals surface area contributed by atoms with Crippen LogP contribution in [0.25, 0.3) is 0 Å². The quantitative estimate of drug-likeness (QED) is 0.697. The van der Waals surface area contributed by atoms with Gasteiger partial charge in [-0.2, -0.15) is 0 Å². The van der Waals surface area contributed by atoms with E-state index in [1.165, 1.54) is 5.56 Å². The van der Waals surface area contributed by atoms with Gasteiger partial charge in [-0.05, 0) is 68.2 Å². The van der Waals surface area contributed by atoms with Crippen molar-refractivity contribution >= 4 is 11.6 Å². The summed E-state index contributed by atoms with van der Waals surface area (Å²) in [6.07, 6.45) is 0. The first-order valence-corrected chi connectivity index (χ1v) is 8.48. The predicted octanol–water partition coefficient (Wildman–Crippen LogP) is 4.79. The van der Waals surface area contributed by atoms with Gasteiger partial charge in [0, 0.05) is 17.8 Å². The Balaban J connectivity index is 1.61. The molecule has 3 aromatic carbocycles. The highest BCUT2D eigenvalue weighted by molar-refractivity contribution is 6.04. The zero-order valence-corrected chi connectivity index (χ0v) is 15.0. The minimum absolute atomic E-state index is 0.143. The number of hydrogen-bond donors (Lipinski definition) is 1. The summed E-state index contributed by atoms with van der Waals surface area (Å²) in [7, 11) is 4.08. The fourth-order valence-corrected chi connectivity index (χ4v) is 2.56. The van der Waals surface area contributed by atoms with Crippen molar-refractivity contribution in [1.82, 2.24) is 4.90 Å². The lowest BCUT2D eigenvalue weighted by Crippen LogP contribution is -2.11. The first kappa shape index (κ1) is 17.7. The highest BCUT2D eigenvalue weighted by Crippen LogP contribution is 2.22. The Morgan fingerprint density at radius 3 is 2.00 bits per heavy atom. The van der Waals surface area contributed by atoms with Crippen LogP contribution < -0.4 is 10.1 Å². The third-order valence-corrected chi connectivity index (χ3v) is 3.81. The van der Waals surface area contributed by atoms with Gasteiger partial charge in [0.15, 0.2) is 0 Å². The fourth-order valence-electron chi connectivity index (χ4n) is 2.56. The normalized spacial score (nSPS) is 10.6. The lowest BCUT2D eigenvalue weighted by molar-refractivity contribution is 0.102. The molecule has 3 rings (SSSR count). The number of nitrogens with one attached hydrogen (secondary N) is 1. The molecular formula is C22H22N2O2. The Bertz CT molecular complexity index is 842. The van der Waals surface area contributed by atoms with Crippen LogP contribution >= 0.6 is 0 Å². The van der Waals surface area contributed by atoms with Gasteiger partial charge >= 0.3 is 0 Å². The zero-order valence-electron chi connectivity index (χ0n) is 15.0. The summed E-state index contributed by atoms with van der Waals surface area (Å²) in [5.74, 6) is 1.33. The van der Waals surface area contributed by atoms with Crippen LogP contribution in [0, 0.1) is 0 Å².